The molecule has 12 nitrogen and oxygen atoms in total. The number of unbranched alkanes of at least 4 members (excludes halogenated alkanes) is 1. The summed E-state index contributed by atoms with van der Waals surface area (Å²) < 4.78 is 36.6. The molecule has 0 radical (unpaired) electrons. The number of halogens is 1. The summed E-state index contributed by atoms with van der Waals surface area (Å²) in [6, 6.07) is 13.0. The van der Waals surface area contributed by atoms with Crippen molar-refractivity contribution in [3.8, 4) is 5.75 Å². The maximum atomic E-state index is 12.4. The van der Waals surface area contributed by atoms with Crippen molar-refractivity contribution in [1.29, 1.82) is 0 Å². The Balaban J connectivity index is 1.44. The van der Waals surface area contributed by atoms with Crippen molar-refractivity contribution in [2.24, 2.45) is 0 Å². The minimum atomic E-state index is -3.49. The number of carbonyl (C=O) groups is 1. The van der Waals surface area contributed by atoms with E-state index in [0.717, 1.165) is 50.7 Å². The molecule has 0 aliphatic carbocycles. The van der Waals surface area contributed by atoms with Crippen LogP contribution in [-0.2, 0) is 14.8 Å². The van der Waals surface area contributed by atoms with Crippen LogP contribution in [0.2, 0.25) is 5.02 Å². The van der Waals surface area contributed by atoms with Gasteiger partial charge < -0.3 is 29.9 Å². The van der Waals surface area contributed by atoms with Crippen LogP contribution in [0.15, 0.2) is 48.7 Å². The molecule has 1 fully saturated rings. The lowest BCUT2D eigenvalue weighted by Gasteiger charge is -2.37. The van der Waals surface area contributed by atoms with Gasteiger partial charge >= 0.3 is 6.09 Å². The van der Waals surface area contributed by atoms with E-state index >= 15 is 0 Å². The fourth-order valence-corrected chi connectivity index (χ4v) is 5.50. The zero-order chi connectivity index (χ0) is 31.9. The van der Waals surface area contributed by atoms with Crippen molar-refractivity contribution in [2.45, 2.75) is 38.6 Å². The first kappa shape index (κ1) is 32.9. The topological polar surface area (TPSA) is 129 Å². The van der Waals surface area contributed by atoms with Gasteiger partial charge in [0.25, 0.3) is 0 Å². The number of methoxy groups -OCH3 is 1. The van der Waals surface area contributed by atoms with Crippen LogP contribution in [0.4, 0.5) is 39.3 Å². The Kier molecular flexibility index (Phi) is 11.0. The largest absolute Gasteiger partial charge is 0.494 e. The van der Waals surface area contributed by atoms with Gasteiger partial charge in [0.15, 0.2) is 5.82 Å². The number of ether oxygens (including phenoxy) is 2. The van der Waals surface area contributed by atoms with Gasteiger partial charge in [0.1, 0.15) is 10.8 Å². The molecule has 1 aliphatic rings. The fourth-order valence-electron chi connectivity index (χ4n) is 4.84. The molecule has 0 saturated carbocycles. The van der Waals surface area contributed by atoms with Crippen LogP contribution in [-0.4, -0.2) is 82.6 Å². The summed E-state index contributed by atoms with van der Waals surface area (Å²) in [4.78, 5) is 25.2. The zero-order valence-corrected chi connectivity index (χ0v) is 27.3. The number of para-hydroxylation sites is 2. The number of nitrogens with zero attached hydrogens (tertiary/aromatic N) is 5. The molecule has 14 heteroatoms. The van der Waals surface area contributed by atoms with E-state index in [-0.39, 0.29) is 23.1 Å². The third kappa shape index (κ3) is 8.14. The number of aromatic nitrogens is 2. The standard InChI is InChI=1S/C30H40ClN7O5S/c1-6-7-18-43-30(39)36(2)21-14-16-38(17-15-21)22-12-13-25(27(19-22)42-4)34-29-32-20-23(31)28(35-29)33-24-10-8-9-11-26(24)37(3)44(5,40)41/h8-13,19-21H,6-7,14-18H2,1-5H3,(H2,32,33,34,35). The number of rotatable bonds is 12. The van der Waals surface area contributed by atoms with E-state index in [1.165, 1.54) is 17.5 Å². The first-order chi connectivity index (χ1) is 21.0. The number of hydrogen-bond donors (Lipinski definition) is 2. The van der Waals surface area contributed by atoms with Crippen molar-refractivity contribution >= 4 is 62.2 Å². The summed E-state index contributed by atoms with van der Waals surface area (Å²) in [5, 5.41) is 6.59. The molecule has 0 atom stereocenters. The van der Waals surface area contributed by atoms with Crippen molar-refractivity contribution in [2.75, 3.05) is 67.0 Å². The van der Waals surface area contributed by atoms with Crippen LogP contribution in [0.25, 0.3) is 0 Å². The Bertz CT molecular complexity index is 1550. The molecule has 1 amide bonds. The van der Waals surface area contributed by atoms with E-state index in [9.17, 15) is 13.2 Å². The smallest absolute Gasteiger partial charge is 0.409 e. The number of piperidine rings is 1. The monoisotopic (exact) mass is 645 g/mol. The molecule has 44 heavy (non-hydrogen) atoms. The molecule has 1 aliphatic heterocycles. The number of amides is 1. The maximum absolute atomic E-state index is 12.4. The lowest BCUT2D eigenvalue weighted by Crippen LogP contribution is -2.45. The minimum absolute atomic E-state index is 0.131. The molecule has 0 unspecified atom stereocenters. The molecule has 3 aromatic rings. The highest BCUT2D eigenvalue weighted by molar-refractivity contribution is 7.92. The third-order valence-corrected chi connectivity index (χ3v) is 9.03. The molecular formula is C30H40ClN7O5S. The number of benzene rings is 2. The third-order valence-electron chi connectivity index (χ3n) is 7.56. The Morgan fingerprint density at radius 2 is 1.84 bits per heavy atom. The minimum Gasteiger partial charge on any atom is -0.494 e. The van der Waals surface area contributed by atoms with Crippen LogP contribution in [0.1, 0.15) is 32.6 Å². The second kappa shape index (κ2) is 14.7. The normalized spacial score (nSPS) is 13.7. The van der Waals surface area contributed by atoms with Gasteiger partial charge in [0, 0.05) is 45.0 Å². The van der Waals surface area contributed by atoms with E-state index in [1.807, 2.05) is 25.2 Å². The highest BCUT2D eigenvalue weighted by Gasteiger charge is 2.27. The number of sulfonamides is 1. The summed E-state index contributed by atoms with van der Waals surface area (Å²) in [6.45, 7) is 4.10. The van der Waals surface area contributed by atoms with Crippen LogP contribution < -0.4 is 24.6 Å². The van der Waals surface area contributed by atoms with Crippen molar-refractivity contribution in [3.05, 3.63) is 53.7 Å². The van der Waals surface area contributed by atoms with Gasteiger partial charge in [-0.05, 0) is 43.5 Å². The van der Waals surface area contributed by atoms with Crippen LogP contribution in [0.5, 0.6) is 5.75 Å². The second-order valence-corrected chi connectivity index (χ2v) is 13.0. The average Bonchev–Trinajstić information content (AvgIpc) is 3.02. The summed E-state index contributed by atoms with van der Waals surface area (Å²) in [6.07, 6.45) is 5.85. The number of nitrogens with one attached hydrogen (secondary N) is 2. The van der Waals surface area contributed by atoms with Gasteiger partial charge in [-0.3, -0.25) is 4.31 Å². The van der Waals surface area contributed by atoms with Gasteiger partial charge in [-0.15, -0.1) is 0 Å². The van der Waals surface area contributed by atoms with Crippen molar-refractivity contribution in [3.63, 3.8) is 0 Å². The van der Waals surface area contributed by atoms with Gasteiger partial charge in [-0.25, -0.2) is 18.2 Å². The molecule has 0 bridgehead atoms. The number of hydrogen-bond acceptors (Lipinski definition) is 10. The van der Waals surface area contributed by atoms with E-state index in [4.69, 9.17) is 21.1 Å². The first-order valence-electron chi connectivity index (χ1n) is 14.4. The molecule has 2 aromatic carbocycles. The summed E-state index contributed by atoms with van der Waals surface area (Å²) in [5.41, 5.74) is 2.62. The van der Waals surface area contributed by atoms with E-state index < -0.39 is 10.0 Å². The summed E-state index contributed by atoms with van der Waals surface area (Å²) in [5.74, 6) is 1.18. The Morgan fingerprint density at radius 3 is 2.52 bits per heavy atom. The number of anilines is 6. The lowest BCUT2D eigenvalue weighted by atomic mass is 10.0. The fraction of sp³-hybridized carbons (Fsp3) is 0.433. The molecule has 1 aromatic heterocycles. The summed E-state index contributed by atoms with van der Waals surface area (Å²) >= 11 is 6.41. The van der Waals surface area contributed by atoms with E-state index in [0.29, 0.717) is 35.2 Å². The molecule has 238 valence electrons. The quantitative estimate of drug-likeness (QED) is 0.231. The lowest BCUT2D eigenvalue weighted by molar-refractivity contribution is 0.0908. The first-order valence-corrected chi connectivity index (χ1v) is 16.7. The van der Waals surface area contributed by atoms with Crippen molar-refractivity contribution < 1.29 is 22.7 Å². The molecule has 4 rings (SSSR count). The maximum Gasteiger partial charge on any atom is 0.409 e. The molecule has 2 N–H and O–H groups in total. The van der Waals surface area contributed by atoms with Crippen LogP contribution >= 0.6 is 11.6 Å². The Labute approximate surface area is 264 Å². The molecule has 1 saturated heterocycles. The SMILES string of the molecule is CCCCOC(=O)N(C)C1CCN(c2ccc(Nc3ncc(Cl)c(Nc4ccccc4N(C)S(C)(=O)=O)n3)c(OC)c2)CC1. The highest BCUT2D eigenvalue weighted by Crippen LogP contribution is 2.35. The average molecular weight is 646 g/mol. The van der Waals surface area contributed by atoms with Crippen LogP contribution in [0.3, 0.4) is 0 Å². The van der Waals surface area contributed by atoms with Crippen LogP contribution in [0, 0.1) is 0 Å². The highest BCUT2D eigenvalue weighted by atomic mass is 35.5. The van der Waals surface area contributed by atoms with E-state index in [1.54, 1.807) is 36.3 Å². The van der Waals surface area contributed by atoms with Gasteiger partial charge in [-0.2, -0.15) is 4.98 Å². The molecule has 0 spiro atoms. The predicted octanol–water partition coefficient (Wildman–Crippen LogP) is 5.86. The number of carbonyl (C=O) groups excluding carboxylic acids is 1. The second-order valence-electron chi connectivity index (χ2n) is 10.6. The Morgan fingerprint density at radius 1 is 1.11 bits per heavy atom. The van der Waals surface area contributed by atoms with Gasteiger partial charge in [0.2, 0.25) is 16.0 Å². The summed E-state index contributed by atoms with van der Waals surface area (Å²) in [7, 11) is 1.40. The van der Waals surface area contributed by atoms with Crippen molar-refractivity contribution in [1.82, 2.24) is 14.9 Å². The zero-order valence-electron chi connectivity index (χ0n) is 25.7. The molecular weight excluding hydrogens is 606 g/mol. The Hall–Kier alpha value is -3.97. The van der Waals surface area contributed by atoms with Gasteiger partial charge in [-0.1, -0.05) is 37.1 Å². The predicted molar refractivity (Wildman–Crippen MR) is 176 cm³/mol. The van der Waals surface area contributed by atoms with E-state index in [2.05, 4.69) is 32.4 Å². The molecule has 2 heterocycles. The van der Waals surface area contributed by atoms with Gasteiger partial charge in [0.05, 0.1) is 43.2 Å².